The summed E-state index contributed by atoms with van der Waals surface area (Å²) in [5, 5.41) is 0. The Morgan fingerprint density at radius 3 is 2.33 bits per heavy atom. The van der Waals surface area contributed by atoms with Gasteiger partial charge in [0.15, 0.2) is 0 Å². The fourth-order valence-electron chi connectivity index (χ4n) is 0.902. The predicted octanol–water partition coefficient (Wildman–Crippen LogP) is 0.464. The number of alkyl halides is 1. The first-order valence-corrected chi connectivity index (χ1v) is 4.54. The Balaban J connectivity index is 0.000000291. The quantitative estimate of drug-likeness (QED) is 0.456. The maximum atomic E-state index is 9.50. The molecule has 1 aliphatic heterocycles. The standard InChI is InChI=1S/C5H12OSi.CH3F/c7-5-3-1-2-4-6-5;1-2/h5H,1-4H2,7H3;1H3. The van der Waals surface area contributed by atoms with E-state index in [9.17, 15) is 4.39 Å². The van der Waals surface area contributed by atoms with Crippen LogP contribution >= 0.6 is 0 Å². The van der Waals surface area contributed by atoms with Crippen molar-refractivity contribution < 1.29 is 9.13 Å². The van der Waals surface area contributed by atoms with Crippen molar-refractivity contribution in [2.75, 3.05) is 13.8 Å². The van der Waals surface area contributed by atoms with E-state index in [0.717, 1.165) is 6.61 Å². The SMILES string of the molecule is CF.[SiH3]C1CCCCO1. The summed E-state index contributed by atoms with van der Waals surface area (Å²) in [4.78, 5) is 0. The lowest BCUT2D eigenvalue weighted by Gasteiger charge is -2.17. The highest BCUT2D eigenvalue weighted by Crippen LogP contribution is 2.08. The molecule has 0 aliphatic carbocycles. The lowest BCUT2D eigenvalue weighted by atomic mass is 10.2. The van der Waals surface area contributed by atoms with Gasteiger partial charge < -0.3 is 4.74 Å². The smallest absolute Gasteiger partial charge is 0.0785 e. The Morgan fingerprint density at radius 2 is 2.11 bits per heavy atom. The molecule has 1 saturated heterocycles. The highest BCUT2D eigenvalue weighted by molar-refractivity contribution is 6.10. The molecule has 1 aliphatic rings. The van der Waals surface area contributed by atoms with Gasteiger partial charge in [0.05, 0.1) is 7.18 Å². The Hall–Kier alpha value is 0.107. The first-order valence-electron chi connectivity index (χ1n) is 3.39. The average molecular weight is 150 g/mol. The van der Waals surface area contributed by atoms with Gasteiger partial charge in [0.25, 0.3) is 0 Å². The molecule has 0 spiro atoms. The summed E-state index contributed by atoms with van der Waals surface area (Å²) in [6.07, 6.45) is 4.01. The molecule has 1 nitrogen and oxygen atoms in total. The van der Waals surface area contributed by atoms with Crippen LogP contribution in [0.1, 0.15) is 19.3 Å². The van der Waals surface area contributed by atoms with Crippen LogP contribution < -0.4 is 0 Å². The van der Waals surface area contributed by atoms with Gasteiger partial charge in [-0.25, -0.2) is 0 Å². The molecule has 0 N–H and O–H groups in total. The Morgan fingerprint density at radius 1 is 1.44 bits per heavy atom. The van der Waals surface area contributed by atoms with E-state index in [1.165, 1.54) is 29.5 Å². The minimum absolute atomic E-state index is 0.500. The Labute approximate surface area is 59.0 Å². The van der Waals surface area contributed by atoms with Crippen molar-refractivity contribution in [2.24, 2.45) is 0 Å². The van der Waals surface area contributed by atoms with Crippen molar-refractivity contribution in [1.82, 2.24) is 0 Å². The summed E-state index contributed by atoms with van der Waals surface area (Å²) in [6, 6.07) is 0. The van der Waals surface area contributed by atoms with Gasteiger partial charge in [0.1, 0.15) is 0 Å². The summed E-state index contributed by atoms with van der Waals surface area (Å²) in [6.45, 7) is 1.02. The highest BCUT2D eigenvalue weighted by Gasteiger charge is 2.05. The molecule has 0 aromatic rings. The molecule has 1 atom stereocenters. The highest BCUT2D eigenvalue weighted by atomic mass is 28.1. The van der Waals surface area contributed by atoms with Crippen molar-refractivity contribution in [3.63, 3.8) is 0 Å². The first kappa shape index (κ1) is 9.11. The molecule has 0 bridgehead atoms. The third-order valence-electron chi connectivity index (χ3n) is 1.41. The molecule has 0 aromatic carbocycles. The summed E-state index contributed by atoms with van der Waals surface area (Å²) in [7, 11) is 1.73. The maximum absolute atomic E-state index is 9.50. The molecule has 1 heterocycles. The van der Waals surface area contributed by atoms with Crippen molar-refractivity contribution >= 4 is 10.2 Å². The monoisotopic (exact) mass is 150 g/mol. The molecule has 56 valence electrons. The first-order chi connectivity index (χ1) is 4.39. The van der Waals surface area contributed by atoms with Crippen molar-refractivity contribution in [2.45, 2.75) is 25.0 Å². The Kier molecular flexibility index (Phi) is 6.30. The molecule has 1 unspecified atom stereocenters. The second-order valence-corrected chi connectivity index (χ2v) is 3.47. The maximum Gasteiger partial charge on any atom is 0.0785 e. The molecule has 0 amide bonds. The zero-order valence-electron chi connectivity index (χ0n) is 6.19. The molecule has 0 saturated carbocycles. The number of halogens is 1. The van der Waals surface area contributed by atoms with Crippen molar-refractivity contribution in [3.8, 4) is 0 Å². The van der Waals surface area contributed by atoms with E-state index in [-0.39, 0.29) is 0 Å². The van der Waals surface area contributed by atoms with E-state index >= 15 is 0 Å². The Bertz CT molecular complexity index is 55.0. The van der Waals surface area contributed by atoms with Crippen LogP contribution in [-0.2, 0) is 4.74 Å². The number of hydrogen-bond acceptors (Lipinski definition) is 1. The van der Waals surface area contributed by atoms with E-state index in [2.05, 4.69) is 0 Å². The zero-order chi connectivity index (χ0) is 7.11. The van der Waals surface area contributed by atoms with Crippen LogP contribution in [-0.4, -0.2) is 29.8 Å². The van der Waals surface area contributed by atoms with Gasteiger partial charge in [-0.3, -0.25) is 4.39 Å². The van der Waals surface area contributed by atoms with Gasteiger partial charge in [-0.15, -0.1) is 0 Å². The molecule has 0 aromatic heterocycles. The van der Waals surface area contributed by atoms with Gasteiger partial charge >= 0.3 is 0 Å². The van der Waals surface area contributed by atoms with E-state index in [1.807, 2.05) is 0 Å². The summed E-state index contributed by atoms with van der Waals surface area (Å²) >= 11 is 0. The zero-order valence-corrected chi connectivity index (χ0v) is 8.19. The molecule has 1 fully saturated rings. The predicted molar refractivity (Wildman–Crippen MR) is 40.6 cm³/mol. The number of ether oxygens (including phenoxy) is 1. The number of hydrogen-bond donors (Lipinski definition) is 0. The minimum atomic E-state index is 0.500. The largest absolute Gasteiger partial charge is 0.383 e. The van der Waals surface area contributed by atoms with Crippen LogP contribution in [0.25, 0.3) is 0 Å². The fraction of sp³-hybridized carbons (Fsp3) is 1.00. The third kappa shape index (κ3) is 4.60. The van der Waals surface area contributed by atoms with Crippen molar-refractivity contribution in [1.29, 1.82) is 0 Å². The van der Waals surface area contributed by atoms with Crippen LogP contribution in [0, 0.1) is 0 Å². The summed E-state index contributed by atoms with van der Waals surface area (Å²) in [5.74, 6) is 0. The van der Waals surface area contributed by atoms with Crippen molar-refractivity contribution in [3.05, 3.63) is 0 Å². The van der Waals surface area contributed by atoms with Crippen LogP contribution in [0.3, 0.4) is 0 Å². The van der Waals surface area contributed by atoms with E-state index in [1.54, 1.807) is 0 Å². The topological polar surface area (TPSA) is 9.23 Å². The second-order valence-electron chi connectivity index (χ2n) is 2.18. The summed E-state index contributed by atoms with van der Waals surface area (Å²) < 4.78 is 14.8. The van der Waals surface area contributed by atoms with Crippen LogP contribution in [0.5, 0.6) is 0 Å². The molecule has 0 radical (unpaired) electrons. The van der Waals surface area contributed by atoms with E-state index in [4.69, 9.17) is 4.74 Å². The van der Waals surface area contributed by atoms with Gasteiger partial charge in [-0.05, 0) is 19.3 Å². The fourth-order valence-corrected chi connectivity index (χ4v) is 1.55. The van der Waals surface area contributed by atoms with Gasteiger partial charge in [0.2, 0.25) is 0 Å². The van der Waals surface area contributed by atoms with Gasteiger partial charge in [0, 0.05) is 22.6 Å². The molecular weight excluding hydrogens is 135 g/mol. The molecule has 1 rings (SSSR count). The third-order valence-corrected chi connectivity index (χ3v) is 2.32. The molecule has 9 heavy (non-hydrogen) atoms. The summed E-state index contributed by atoms with van der Waals surface area (Å²) in [5.41, 5.74) is 0.675. The minimum Gasteiger partial charge on any atom is -0.383 e. The number of rotatable bonds is 0. The van der Waals surface area contributed by atoms with Crippen LogP contribution in [0.2, 0.25) is 0 Å². The van der Waals surface area contributed by atoms with Gasteiger partial charge in [-0.1, -0.05) is 0 Å². The van der Waals surface area contributed by atoms with Crippen LogP contribution in [0.4, 0.5) is 4.39 Å². The lowest BCUT2D eigenvalue weighted by molar-refractivity contribution is 0.0675. The second kappa shape index (κ2) is 6.23. The average Bonchev–Trinajstić information content (AvgIpc) is 1.94. The van der Waals surface area contributed by atoms with E-state index in [0.29, 0.717) is 12.9 Å². The van der Waals surface area contributed by atoms with Gasteiger partial charge in [-0.2, -0.15) is 0 Å². The molecular formula is C6H15FOSi. The normalized spacial score (nSPS) is 26.7. The molecule has 3 heteroatoms. The lowest BCUT2D eigenvalue weighted by Crippen LogP contribution is -2.18. The van der Waals surface area contributed by atoms with E-state index < -0.39 is 0 Å². The van der Waals surface area contributed by atoms with Crippen LogP contribution in [0.15, 0.2) is 0 Å².